The summed E-state index contributed by atoms with van der Waals surface area (Å²) < 4.78 is 28.7. The maximum absolute atomic E-state index is 13.6. The maximum Gasteiger partial charge on any atom is 0.243 e. The zero-order chi connectivity index (χ0) is 29.7. The highest BCUT2D eigenvalue weighted by molar-refractivity contribution is 7.93. The number of nitrogens with one attached hydrogen (secondary N) is 3. The normalized spacial score (nSPS) is 14.2. The molecule has 2 rings (SSSR count). The zero-order valence-corrected chi connectivity index (χ0v) is 25.3. The lowest BCUT2D eigenvalue weighted by Gasteiger charge is -2.26. The van der Waals surface area contributed by atoms with Crippen LogP contribution < -0.4 is 20.7 Å². The molecular formula is C31H45N3O5S. The first-order valence-corrected chi connectivity index (χ1v) is 15.7. The van der Waals surface area contributed by atoms with E-state index < -0.39 is 28.0 Å². The quantitative estimate of drug-likeness (QED) is 0.282. The van der Waals surface area contributed by atoms with Crippen molar-refractivity contribution in [2.45, 2.75) is 77.5 Å². The van der Waals surface area contributed by atoms with Gasteiger partial charge in [0, 0.05) is 30.2 Å². The monoisotopic (exact) mass is 571 g/mol. The third-order valence-electron chi connectivity index (χ3n) is 6.26. The Balaban J connectivity index is 2.23. The Morgan fingerprint density at radius 1 is 0.875 bits per heavy atom. The van der Waals surface area contributed by atoms with Gasteiger partial charge in [-0.15, -0.1) is 0 Å². The average Bonchev–Trinajstić information content (AvgIpc) is 2.89. The fourth-order valence-electron chi connectivity index (χ4n) is 4.34. The summed E-state index contributed by atoms with van der Waals surface area (Å²) in [6.07, 6.45) is 4.70. The number of rotatable bonds is 16. The minimum Gasteiger partial charge on any atom is -0.497 e. The van der Waals surface area contributed by atoms with Crippen LogP contribution in [0.1, 0.15) is 51.7 Å². The standard InChI is InChI=1S/C31H45N3O5S/c1-22(2)20-26(18-19-40(6,37)38)33-31(36)29(21-25-10-8-7-9-11-25)34-30(35)28(32-23(3)4)17-14-24-12-15-27(39-5)16-13-24/h7-13,15-16,18-19,22-23,26,28-29,32H,14,17,20-21H2,1-6H3,(H,33,36)(H,34,35)/b19-18+/t26-,28+,29+/m1/s1. The number of aryl methyl sites for hydroxylation is 1. The van der Waals surface area contributed by atoms with E-state index in [4.69, 9.17) is 4.74 Å². The van der Waals surface area contributed by atoms with Crippen LogP contribution in [0.3, 0.4) is 0 Å². The molecule has 0 saturated heterocycles. The van der Waals surface area contributed by atoms with Gasteiger partial charge in [0.25, 0.3) is 0 Å². The molecule has 0 radical (unpaired) electrons. The Bertz CT molecular complexity index is 1200. The molecule has 8 nitrogen and oxygen atoms in total. The van der Waals surface area contributed by atoms with Crippen LogP contribution in [0.15, 0.2) is 66.1 Å². The van der Waals surface area contributed by atoms with Gasteiger partial charge in [-0.1, -0.05) is 76.2 Å². The lowest BCUT2D eigenvalue weighted by Crippen LogP contribution is -2.55. The zero-order valence-electron chi connectivity index (χ0n) is 24.5. The van der Waals surface area contributed by atoms with Crippen LogP contribution in [0.25, 0.3) is 0 Å². The molecular weight excluding hydrogens is 526 g/mol. The summed E-state index contributed by atoms with van der Waals surface area (Å²) in [4.78, 5) is 27.1. The van der Waals surface area contributed by atoms with Crippen molar-refractivity contribution in [3.63, 3.8) is 0 Å². The molecule has 3 atom stereocenters. The first-order chi connectivity index (χ1) is 18.9. The molecule has 0 spiro atoms. The van der Waals surface area contributed by atoms with Crippen LogP contribution in [0.4, 0.5) is 0 Å². The van der Waals surface area contributed by atoms with Crippen LogP contribution in [-0.4, -0.2) is 57.8 Å². The van der Waals surface area contributed by atoms with Gasteiger partial charge in [-0.3, -0.25) is 9.59 Å². The van der Waals surface area contributed by atoms with Crippen LogP contribution in [0.2, 0.25) is 0 Å². The fraction of sp³-hybridized carbons (Fsp3) is 0.484. The van der Waals surface area contributed by atoms with E-state index in [9.17, 15) is 18.0 Å². The van der Waals surface area contributed by atoms with E-state index >= 15 is 0 Å². The molecule has 0 aromatic heterocycles. The summed E-state index contributed by atoms with van der Waals surface area (Å²) >= 11 is 0. The summed E-state index contributed by atoms with van der Waals surface area (Å²) in [6.45, 7) is 7.96. The van der Waals surface area contributed by atoms with Crippen LogP contribution in [-0.2, 0) is 32.3 Å². The van der Waals surface area contributed by atoms with Crippen molar-refractivity contribution in [1.29, 1.82) is 0 Å². The molecule has 0 aliphatic carbocycles. The van der Waals surface area contributed by atoms with Crippen molar-refractivity contribution in [3.8, 4) is 5.75 Å². The van der Waals surface area contributed by atoms with E-state index in [0.717, 1.165) is 28.5 Å². The number of amides is 2. The van der Waals surface area contributed by atoms with Crippen LogP contribution >= 0.6 is 0 Å². The molecule has 2 amide bonds. The first kappa shape index (κ1) is 33.0. The summed E-state index contributed by atoms with van der Waals surface area (Å²) in [5, 5.41) is 10.4. The number of carbonyl (C=O) groups is 2. The minimum absolute atomic E-state index is 0.0598. The first-order valence-electron chi connectivity index (χ1n) is 13.8. The van der Waals surface area contributed by atoms with Gasteiger partial charge in [-0.25, -0.2) is 8.42 Å². The van der Waals surface area contributed by atoms with E-state index in [-0.39, 0.29) is 23.8 Å². The van der Waals surface area contributed by atoms with Gasteiger partial charge in [-0.2, -0.15) is 0 Å². The van der Waals surface area contributed by atoms with Gasteiger partial charge in [0.2, 0.25) is 11.8 Å². The lowest BCUT2D eigenvalue weighted by atomic mass is 10.0. The highest BCUT2D eigenvalue weighted by Crippen LogP contribution is 2.14. The van der Waals surface area contributed by atoms with E-state index in [1.807, 2.05) is 82.3 Å². The molecule has 0 bridgehead atoms. The van der Waals surface area contributed by atoms with E-state index in [0.29, 0.717) is 25.7 Å². The summed E-state index contributed by atoms with van der Waals surface area (Å²) in [6, 6.07) is 15.5. The molecule has 0 heterocycles. The number of ether oxygens (including phenoxy) is 1. The largest absolute Gasteiger partial charge is 0.497 e. The lowest BCUT2D eigenvalue weighted by molar-refractivity contribution is -0.130. The third-order valence-corrected chi connectivity index (χ3v) is 6.91. The van der Waals surface area contributed by atoms with E-state index in [1.54, 1.807) is 7.11 Å². The Kier molecular flexibility index (Phi) is 13.4. The van der Waals surface area contributed by atoms with Crippen molar-refractivity contribution >= 4 is 21.7 Å². The summed E-state index contributed by atoms with van der Waals surface area (Å²) in [7, 11) is -1.73. The smallest absolute Gasteiger partial charge is 0.243 e. The molecule has 2 aromatic carbocycles. The van der Waals surface area contributed by atoms with Gasteiger partial charge < -0.3 is 20.7 Å². The average molecular weight is 572 g/mol. The van der Waals surface area contributed by atoms with Crippen molar-refractivity contribution in [2.75, 3.05) is 13.4 Å². The fourth-order valence-corrected chi connectivity index (χ4v) is 4.82. The highest BCUT2D eigenvalue weighted by Gasteiger charge is 2.27. The molecule has 220 valence electrons. The van der Waals surface area contributed by atoms with E-state index in [2.05, 4.69) is 16.0 Å². The maximum atomic E-state index is 13.6. The summed E-state index contributed by atoms with van der Waals surface area (Å²) in [5.74, 6) is 0.370. The second-order valence-electron chi connectivity index (χ2n) is 10.9. The van der Waals surface area contributed by atoms with Gasteiger partial charge >= 0.3 is 0 Å². The molecule has 9 heteroatoms. The second kappa shape index (κ2) is 16.2. The third kappa shape index (κ3) is 12.8. The highest BCUT2D eigenvalue weighted by atomic mass is 32.2. The number of hydrogen-bond donors (Lipinski definition) is 3. The van der Waals surface area contributed by atoms with Gasteiger partial charge in [-0.05, 0) is 48.4 Å². The number of sulfone groups is 1. The number of hydrogen-bond acceptors (Lipinski definition) is 6. The minimum atomic E-state index is -3.35. The molecule has 0 aliphatic heterocycles. The van der Waals surface area contributed by atoms with Crippen molar-refractivity contribution in [3.05, 3.63) is 77.2 Å². The Hall–Kier alpha value is -3.17. The van der Waals surface area contributed by atoms with Crippen LogP contribution in [0.5, 0.6) is 5.75 Å². The number of carbonyl (C=O) groups excluding carboxylic acids is 2. The Labute approximate surface area is 239 Å². The van der Waals surface area contributed by atoms with E-state index in [1.165, 1.54) is 6.08 Å². The second-order valence-corrected chi connectivity index (χ2v) is 12.8. The molecule has 0 saturated carbocycles. The Morgan fingerprint density at radius 2 is 1.50 bits per heavy atom. The SMILES string of the molecule is COc1ccc(CC[C@H](NC(C)C)C(=O)N[C@@H](Cc2ccccc2)C(=O)N[C@H](/C=C/S(C)(=O)=O)CC(C)C)cc1. The molecule has 2 aromatic rings. The predicted molar refractivity (Wildman–Crippen MR) is 161 cm³/mol. The van der Waals surface area contributed by atoms with Gasteiger partial charge in [0.15, 0.2) is 9.84 Å². The van der Waals surface area contributed by atoms with Crippen molar-refractivity contribution in [1.82, 2.24) is 16.0 Å². The topological polar surface area (TPSA) is 114 Å². The molecule has 40 heavy (non-hydrogen) atoms. The van der Waals surface area contributed by atoms with Crippen molar-refractivity contribution in [2.24, 2.45) is 5.92 Å². The molecule has 0 fully saturated rings. The molecule has 0 aliphatic rings. The number of methoxy groups -OCH3 is 1. The van der Waals surface area contributed by atoms with Crippen molar-refractivity contribution < 1.29 is 22.7 Å². The van der Waals surface area contributed by atoms with Gasteiger partial charge in [0.05, 0.1) is 13.2 Å². The predicted octanol–water partition coefficient (Wildman–Crippen LogP) is 3.81. The molecule has 3 N–H and O–H groups in total. The summed E-state index contributed by atoms with van der Waals surface area (Å²) in [5.41, 5.74) is 1.98. The van der Waals surface area contributed by atoms with Gasteiger partial charge in [0.1, 0.15) is 11.8 Å². The Morgan fingerprint density at radius 3 is 2.05 bits per heavy atom. The molecule has 0 unspecified atom stereocenters. The van der Waals surface area contributed by atoms with Crippen LogP contribution in [0, 0.1) is 5.92 Å². The number of benzene rings is 2.